The maximum Gasteiger partial charge on any atom is 0.258 e. The van der Waals surface area contributed by atoms with Crippen LogP contribution in [0.3, 0.4) is 0 Å². The van der Waals surface area contributed by atoms with Crippen molar-refractivity contribution in [3.05, 3.63) is 28.8 Å². The zero-order chi connectivity index (χ0) is 13.2. The fourth-order valence-electron chi connectivity index (χ4n) is 2.48. The lowest BCUT2D eigenvalue weighted by molar-refractivity contribution is 0.303. The van der Waals surface area contributed by atoms with Crippen molar-refractivity contribution in [3.8, 4) is 0 Å². The maximum absolute atomic E-state index is 11.6. The number of anilines is 2. The highest BCUT2D eigenvalue weighted by Crippen LogP contribution is 2.29. The minimum absolute atomic E-state index is 0.155. The number of aromatic amines is 1. The highest BCUT2D eigenvalue weighted by Gasteiger charge is 2.16. The van der Waals surface area contributed by atoms with Crippen molar-refractivity contribution in [3.63, 3.8) is 0 Å². The van der Waals surface area contributed by atoms with Crippen LogP contribution in [-0.2, 0) is 0 Å². The van der Waals surface area contributed by atoms with Gasteiger partial charge in [-0.1, -0.05) is 19.3 Å². The largest absolute Gasteiger partial charge is 0.397 e. The molecule has 0 unspecified atom stereocenters. The van der Waals surface area contributed by atoms with Crippen LogP contribution >= 0.6 is 0 Å². The minimum atomic E-state index is -0.155. The summed E-state index contributed by atoms with van der Waals surface area (Å²) >= 11 is 0. The van der Waals surface area contributed by atoms with E-state index in [0.29, 0.717) is 16.6 Å². The monoisotopic (exact) mass is 258 g/mol. The lowest BCUT2D eigenvalue weighted by Crippen LogP contribution is -2.16. The van der Waals surface area contributed by atoms with Crippen LogP contribution < -0.4 is 16.6 Å². The van der Waals surface area contributed by atoms with Crippen molar-refractivity contribution in [2.24, 2.45) is 5.92 Å². The summed E-state index contributed by atoms with van der Waals surface area (Å²) in [6, 6.07) is 3.54. The number of hydrogen-bond acceptors (Lipinski definition) is 4. The Morgan fingerprint density at radius 2 is 2.26 bits per heavy atom. The van der Waals surface area contributed by atoms with E-state index in [1.807, 2.05) is 6.07 Å². The molecule has 0 saturated heterocycles. The van der Waals surface area contributed by atoms with E-state index in [2.05, 4.69) is 15.3 Å². The van der Waals surface area contributed by atoms with E-state index in [-0.39, 0.29) is 5.56 Å². The first kappa shape index (κ1) is 12.0. The Labute approximate surface area is 111 Å². The van der Waals surface area contributed by atoms with E-state index >= 15 is 0 Å². The first-order valence-electron chi connectivity index (χ1n) is 6.75. The molecule has 19 heavy (non-hydrogen) atoms. The Balaban J connectivity index is 1.78. The molecule has 5 nitrogen and oxygen atoms in total. The van der Waals surface area contributed by atoms with Gasteiger partial charge in [0.15, 0.2) is 0 Å². The van der Waals surface area contributed by atoms with Gasteiger partial charge >= 0.3 is 0 Å². The van der Waals surface area contributed by atoms with Crippen LogP contribution in [0.4, 0.5) is 11.4 Å². The van der Waals surface area contributed by atoms with E-state index in [1.54, 1.807) is 6.07 Å². The second kappa shape index (κ2) is 4.91. The smallest absolute Gasteiger partial charge is 0.258 e. The van der Waals surface area contributed by atoms with Gasteiger partial charge in [0.25, 0.3) is 5.56 Å². The summed E-state index contributed by atoms with van der Waals surface area (Å²) in [4.78, 5) is 18.3. The molecular formula is C14H18N4O. The molecule has 0 spiro atoms. The second-order valence-electron chi connectivity index (χ2n) is 5.20. The fourth-order valence-corrected chi connectivity index (χ4v) is 2.48. The number of rotatable bonds is 4. The summed E-state index contributed by atoms with van der Waals surface area (Å²) in [6.45, 7) is 0.920. The molecule has 1 fully saturated rings. The Morgan fingerprint density at radius 1 is 1.42 bits per heavy atom. The fraction of sp³-hybridized carbons (Fsp3) is 0.429. The van der Waals surface area contributed by atoms with Crippen molar-refractivity contribution < 1.29 is 0 Å². The molecule has 0 aliphatic heterocycles. The van der Waals surface area contributed by atoms with Crippen molar-refractivity contribution >= 4 is 22.3 Å². The third kappa shape index (κ3) is 2.41. The van der Waals surface area contributed by atoms with E-state index in [0.717, 1.165) is 18.2 Å². The third-order valence-electron chi connectivity index (χ3n) is 3.90. The number of H-pyrrole nitrogens is 1. The number of nitrogen functional groups attached to an aromatic ring is 1. The molecular weight excluding hydrogens is 240 g/mol. The number of benzene rings is 1. The highest BCUT2D eigenvalue weighted by molar-refractivity contribution is 5.88. The molecule has 1 aromatic carbocycles. The zero-order valence-corrected chi connectivity index (χ0v) is 10.8. The van der Waals surface area contributed by atoms with Gasteiger partial charge in [-0.2, -0.15) is 0 Å². The molecule has 0 atom stereocenters. The summed E-state index contributed by atoms with van der Waals surface area (Å²) in [7, 11) is 0. The minimum Gasteiger partial charge on any atom is -0.397 e. The van der Waals surface area contributed by atoms with Crippen LogP contribution in [0.1, 0.15) is 25.7 Å². The Hall–Kier alpha value is -2.04. The first-order chi connectivity index (χ1) is 9.24. The normalized spacial score (nSPS) is 15.4. The second-order valence-corrected chi connectivity index (χ2v) is 5.20. The summed E-state index contributed by atoms with van der Waals surface area (Å²) in [5.74, 6) is 0.871. The zero-order valence-electron chi connectivity index (χ0n) is 10.8. The van der Waals surface area contributed by atoms with Crippen LogP contribution in [0.15, 0.2) is 23.3 Å². The van der Waals surface area contributed by atoms with Crippen molar-refractivity contribution in [1.82, 2.24) is 9.97 Å². The average Bonchev–Trinajstić information content (AvgIpc) is 2.34. The average molecular weight is 258 g/mol. The van der Waals surface area contributed by atoms with E-state index < -0.39 is 0 Å². The molecule has 1 saturated carbocycles. The van der Waals surface area contributed by atoms with Gasteiger partial charge in [-0.15, -0.1) is 0 Å². The van der Waals surface area contributed by atoms with E-state index in [4.69, 9.17) is 5.73 Å². The van der Waals surface area contributed by atoms with E-state index in [9.17, 15) is 4.79 Å². The predicted octanol–water partition coefficient (Wildman–Crippen LogP) is 2.11. The SMILES string of the molecule is Nc1cc2c(=O)[nH]cnc2cc1NCCC1CCC1. The van der Waals surface area contributed by atoms with Gasteiger partial charge in [-0.3, -0.25) is 4.79 Å². The number of hydrogen-bond donors (Lipinski definition) is 3. The van der Waals surface area contributed by atoms with Gasteiger partial charge in [-0.25, -0.2) is 4.98 Å². The molecule has 0 radical (unpaired) electrons. The van der Waals surface area contributed by atoms with E-state index in [1.165, 1.54) is 32.0 Å². The predicted molar refractivity (Wildman–Crippen MR) is 77.2 cm³/mol. The molecule has 0 bridgehead atoms. The number of aromatic nitrogens is 2. The van der Waals surface area contributed by atoms with Crippen LogP contribution in [0, 0.1) is 5.92 Å². The maximum atomic E-state index is 11.6. The number of nitrogens with one attached hydrogen (secondary N) is 2. The van der Waals surface area contributed by atoms with Gasteiger partial charge in [0.2, 0.25) is 0 Å². The number of nitrogens with zero attached hydrogens (tertiary/aromatic N) is 1. The molecule has 1 heterocycles. The lowest BCUT2D eigenvalue weighted by atomic mass is 9.83. The molecule has 100 valence electrons. The highest BCUT2D eigenvalue weighted by atomic mass is 16.1. The summed E-state index contributed by atoms with van der Waals surface area (Å²) < 4.78 is 0. The summed E-state index contributed by atoms with van der Waals surface area (Å²) in [5.41, 5.74) is 7.95. The van der Waals surface area contributed by atoms with Crippen LogP contribution in [0.2, 0.25) is 0 Å². The van der Waals surface area contributed by atoms with Crippen molar-refractivity contribution in [2.45, 2.75) is 25.7 Å². The van der Waals surface area contributed by atoms with Gasteiger partial charge in [0, 0.05) is 6.54 Å². The molecule has 1 aliphatic carbocycles. The Kier molecular flexibility index (Phi) is 3.11. The molecule has 4 N–H and O–H groups in total. The topological polar surface area (TPSA) is 83.8 Å². The molecule has 1 aliphatic rings. The lowest BCUT2D eigenvalue weighted by Gasteiger charge is -2.25. The Morgan fingerprint density at radius 3 is 3.00 bits per heavy atom. The van der Waals surface area contributed by atoms with Gasteiger partial charge in [0.05, 0.1) is 28.6 Å². The van der Waals surface area contributed by atoms with Crippen molar-refractivity contribution in [1.29, 1.82) is 0 Å². The summed E-state index contributed by atoms with van der Waals surface area (Å²) in [6.07, 6.45) is 6.67. The molecule has 2 aromatic rings. The summed E-state index contributed by atoms with van der Waals surface area (Å²) in [5, 5.41) is 3.88. The van der Waals surface area contributed by atoms with Gasteiger partial charge in [-0.05, 0) is 24.5 Å². The first-order valence-corrected chi connectivity index (χ1v) is 6.75. The van der Waals surface area contributed by atoms with Gasteiger partial charge < -0.3 is 16.0 Å². The molecule has 5 heteroatoms. The third-order valence-corrected chi connectivity index (χ3v) is 3.90. The number of fused-ring (bicyclic) bond motifs is 1. The van der Waals surface area contributed by atoms with Crippen LogP contribution in [0.5, 0.6) is 0 Å². The number of nitrogens with two attached hydrogens (primary N) is 1. The quantitative estimate of drug-likeness (QED) is 0.733. The Bertz CT molecular complexity index is 645. The standard InChI is InChI=1S/C14H18N4O/c15-11-6-10-12(17-8-18-14(10)19)7-13(11)16-5-4-9-2-1-3-9/h6-9,16H,1-5,15H2,(H,17,18,19). The molecule has 1 aromatic heterocycles. The van der Waals surface area contributed by atoms with Crippen LogP contribution in [0.25, 0.3) is 10.9 Å². The van der Waals surface area contributed by atoms with Gasteiger partial charge in [0.1, 0.15) is 0 Å². The van der Waals surface area contributed by atoms with Crippen molar-refractivity contribution in [2.75, 3.05) is 17.6 Å². The molecule has 3 rings (SSSR count). The molecule has 0 amide bonds. The van der Waals surface area contributed by atoms with Crippen LogP contribution in [-0.4, -0.2) is 16.5 Å².